The van der Waals surface area contributed by atoms with Gasteiger partial charge in [0, 0.05) is 12.1 Å². The van der Waals surface area contributed by atoms with Gasteiger partial charge in [-0.25, -0.2) is 8.78 Å². The van der Waals surface area contributed by atoms with Gasteiger partial charge in [0.05, 0.1) is 6.10 Å². The quantitative estimate of drug-likeness (QED) is 0.847. The fraction of sp³-hybridized carbons (Fsp3) is 0.538. The van der Waals surface area contributed by atoms with Gasteiger partial charge in [0.25, 0.3) is 0 Å². The van der Waals surface area contributed by atoms with Crippen molar-refractivity contribution >= 4 is 0 Å². The second-order valence-electron chi connectivity index (χ2n) is 4.68. The highest BCUT2D eigenvalue weighted by atomic mass is 19.2. The van der Waals surface area contributed by atoms with Crippen LogP contribution in [0.3, 0.4) is 0 Å². The Morgan fingerprint density at radius 3 is 2.82 bits per heavy atom. The zero-order valence-corrected chi connectivity index (χ0v) is 9.63. The van der Waals surface area contributed by atoms with Crippen LogP contribution in [-0.4, -0.2) is 17.8 Å². The van der Waals surface area contributed by atoms with Crippen LogP contribution in [0.5, 0.6) is 0 Å². The molecule has 0 saturated heterocycles. The summed E-state index contributed by atoms with van der Waals surface area (Å²) >= 11 is 0. The first kappa shape index (κ1) is 12.5. The first-order valence-corrected chi connectivity index (χ1v) is 5.98. The molecule has 0 radical (unpaired) electrons. The molecule has 0 amide bonds. The number of hydrogen-bond donors (Lipinski definition) is 2. The minimum absolute atomic E-state index is 0.187. The Labute approximate surface area is 99.7 Å². The van der Waals surface area contributed by atoms with E-state index in [9.17, 15) is 13.9 Å². The molecular weight excluding hydrogens is 224 g/mol. The summed E-state index contributed by atoms with van der Waals surface area (Å²) in [6.07, 6.45) is 2.46. The fourth-order valence-corrected chi connectivity index (χ4v) is 2.33. The van der Waals surface area contributed by atoms with E-state index >= 15 is 0 Å². The van der Waals surface area contributed by atoms with E-state index in [0.717, 1.165) is 31.9 Å². The SMILES string of the molecule is OC1CCC(CNCc2cccc(F)c2F)C1. The van der Waals surface area contributed by atoms with Crippen LogP contribution in [0.25, 0.3) is 0 Å². The predicted octanol–water partition coefficient (Wildman–Crippen LogP) is 2.22. The molecule has 1 aromatic carbocycles. The second-order valence-corrected chi connectivity index (χ2v) is 4.68. The van der Waals surface area contributed by atoms with E-state index in [-0.39, 0.29) is 6.10 Å². The molecule has 94 valence electrons. The van der Waals surface area contributed by atoms with Crippen LogP contribution in [0.15, 0.2) is 18.2 Å². The summed E-state index contributed by atoms with van der Waals surface area (Å²) in [6, 6.07) is 4.20. The maximum atomic E-state index is 13.3. The number of aliphatic hydroxyl groups excluding tert-OH is 1. The fourth-order valence-electron chi connectivity index (χ4n) is 2.33. The molecule has 1 aromatic rings. The second kappa shape index (κ2) is 5.56. The Morgan fingerprint density at radius 2 is 2.12 bits per heavy atom. The van der Waals surface area contributed by atoms with E-state index in [0.29, 0.717) is 18.0 Å². The zero-order chi connectivity index (χ0) is 12.3. The van der Waals surface area contributed by atoms with Crippen LogP contribution in [0, 0.1) is 17.6 Å². The van der Waals surface area contributed by atoms with Crippen LogP contribution in [-0.2, 0) is 6.54 Å². The summed E-state index contributed by atoms with van der Waals surface area (Å²) in [6.45, 7) is 1.07. The molecule has 2 nitrogen and oxygen atoms in total. The highest BCUT2D eigenvalue weighted by Gasteiger charge is 2.22. The maximum absolute atomic E-state index is 13.3. The first-order chi connectivity index (χ1) is 8.16. The first-order valence-electron chi connectivity index (χ1n) is 5.98. The summed E-state index contributed by atoms with van der Waals surface area (Å²) < 4.78 is 26.2. The number of aliphatic hydroxyl groups is 1. The van der Waals surface area contributed by atoms with Crippen LogP contribution in [0.2, 0.25) is 0 Å². The van der Waals surface area contributed by atoms with Gasteiger partial charge in [-0.2, -0.15) is 0 Å². The normalized spacial score (nSPS) is 24.2. The standard InChI is InChI=1S/C13H17F2NO/c14-12-3-1-2-10(13(12)15)8-16-7-9-4-5-11(17)6-9/h1-3,9,11,16-17H,4-8H2. The highest BCUT2D eigenvalue weighted by molar-refractivity contribution is 5.18. The number of nitrogens with one attached hydrogen (secondary N) is 1. The monoisotopic (exact) mass is 241 g/mol. The summed E-state index contributed by atoms with van der Waals surface area (Å²) in [7, 11) is 0. The lowest BCUT2D eigenvalue weighted by atomic mass is 10.1. The number of benzene rings is 1. The minimum atomic E-state index is -0.805. The van der Waals surface area contributed by atoms with Crippen molar-refractivity contribution in [3.8, 4) is 0 Å². The van der Waals surface area contributed by atoms with Crippen molar-refractivity contribution in [2.24, 2.45) is 5.92 Å². The molecule has 0 spiro atoms. The molecule has 1 saturated carbocycles. The Balaban J connectivity index is 1.80. The molecule has 1 aliphatic rings. The lowest BCUT2D eigenvalue weighted by molar-refractivity contribution is 0.177. The molecule has 0 aromatic heterocycles. The molecule has 0 aliphatic heterocycles. The van der Waals surface area contributed by atoms with Crippen LogP contribution >= 0.6 is 0 Å². The number of hydrogen-bond acceptors (Lipinski definition) is 2. The highest BCUT2D eigenvalue weighted by Crippen LogP contribution is 2.24. The zero-order valence-electron chi connectivity index (χ0n) is 9.63. The molecule has 17 heavy (non-hydrogen) atoms. The van der Waals surface area contributed by atoms with Crippen molar-refractivity contribution in [2.75, 3.05) is 6.54 Å². The Hall–Kier alpha value is -1.00. The molecule has 2 atom stereocenters. The molecule has 0 bridgehead atoms. The van der Waals surface area contributed by atoms with Gasteiger partial charge in [-0.1, -0.05) is 12.1 Å². The van der Waals surface area contributed by atoms with Gasteiger partial charge in [0.2, 0.25) is 0 Å². The van der Waals surface area contributed by atoms with E-state index in [1.54, 1.807) is 6.07 Å². The van der Waals surface area contributed by atoms with E-state index in [4.69, 9.17) is 0 Å². The lowest BCUT2D eigenvalue weighted by Gasteiger charge is -2.11. The van der Waals surface area contributed by atoms with Crippen LogP contribution in [0.1, 0.15) is 24.8 Å². The average molecular weight is 241 g/mol. The van der Waals surface area contributed by atoms with Gasteiger partial charge < -0.3 is 10.4 Å². The summed E-state index contributed by atoms with van der Waals surface area (Å²) in [4.78, 5) is 0. The third-order valence-corrected chi connectivity index (χ3v) is 3.29. The predicted molar refractivity (Wildman–Crippen MR) is 61.4 cm³/mol. The molecule has 2 rings (SSSR count). The van der Waals surface area contributed by atoms with E-state index in [1.165, 1.54) is 6.07 Å². The third kappa shape index (κ3) is 3.23. The van der Waals surface area contributed by atoms with Crippen molar-refractivity contribution in [3.63, 3.8) is 0 Å². The van der Waals surface area contributed by atoms with E-state index in [2.05, 4.69) is 5.32 Å². The van der Waals surface area contributed by atoms with Crippen molar-refractivity contribution in [2.45, 2.75) is 31.9 Å². The molecule has 1 aliphatic carbocycles. The van der Waals surface area contributed by atoms with Crippen molar-refractivity contribution < 1.29 is 13.9 Å². The maximum Gasteiger partial charge on any atom is 0.163 e. The summed E-state index contributed by atoms with van der Waals surface area (Å²) in [5.74, 6) is -1.13. The number of halogens is 2. The van der Waals surface area contributed by atoms with Crippen LogP contribution < -0.4 is 5.32 Å². The van der Waals surface area contributed by atoms with Gasteiger partial charge in [0.15, 0.2) is 11.6 Å². The smallest absolute Gasteiger partial charge is 0.163 e. The van der Waals surface area contributed by atoms with Gasteiger partial charge in [0.1, 0.15) is 0 Å². The molecule has 2 unspecified atom stereocenters. The van der Waals surface area contributed by atoms with Gasteiger partial charge in [-0.15, -0.1) is 0 Å². The van der Waals surface area contributed by atoms with Gasteiger partial charge in [-0.05, 0) is 37.8 Å². The topological polar surface area (TPSA) is 32.3 Å². The number of rotatable bonds is 4. The molecular formula is C13H17F2NO. The Morgan fingerprint density at radius 1 is 1.29 bits per heavy atom. The largest absolute Gasteiger partial charge is 0.393 e. The van der Waals surface area contributed by atoms with E-state index < -0.39 is 11.6 Å². The molecule has 1 fully saturated rings. The summed E-state index contributed by atoms with van der Waals surface area (Å²) in [5, 5.41) is 12.5. The Bertz CT molecular complexity index is 384. The van der Waals surface area contributed by atoms with Gasteiger partial charge >= 0.3 is 0 Å². The summed E-state index contributed by atoms with van der Waals surface area (Å²) in [5.41, 5.74) is 0.351. The minimum Gasteiger partial charge on any atom is -0.393 e. The lowest BCUT2D eigenvalue weighted by Crippen LogP contribution is -2.22. The molecule has 0 heterocycles. The average Bonchev–Trinajstić information content (AvgIpc) is 2.70. The van der Waals surface area contributed by atoms with Crippen LogP contribution in [0.4, 0.5) is 8.78 Å². The Kier molecular flexibility index (Phi) is 4.07. The van der Waals surface area contributed by atoms with Crippen molar-refractivity contribution in [3.05, 3.63) is 35.4 Å². The molecule has 4 heteroatoms. The van der Waals surface area contributed by atoms with Crippen molar-refractivity contribution in [1.82, 2.24) is 5.32 Å². The molecule has 2 N–H and O–H groups in total. The van der Waals surface area contributed by atoms with Gasteiger partial charge in [-0.3, -0.25) is 0 Å². The van der Waals surface area contributed by atoms with Crippen molar-refractivity contribution in [1.29, 1.82) is 0 Å². The third-order valence-electron chi connectivity index (χ3n) is 3.29. The van der Waals surface area contributed by atoms with E-state index in [1.807, 2.05) is 0 Å².